The first-order chi connectivity index (χ1) is 8.17. The summed E-state index contributed by atoms with van der Waals surface area (Å²) in [6, 6.07) is 0. The Labute approximate surface area is 106 Å². The summed E-state index contributed by atoms with van der Waals surface area (Å²) in [5, 5.41) is 0. The van der Waals surface area contributed by atoms with E-state index in [1.165, 1.54) is 12.8 Å². The predicted molar refractivity (Wildman–Crippen MR) is 69.9 cm³/mol. The van der Waals surface area contributed by atoms with Crippen molar-refractivity contribution in [2.24, 2.45) is 11.8 Å². The smallest absolute Gasteiger partial charge is 0.308 e. The lowest BCUT2D eigenvalue weighted by molar-refractivity contribution is -0.150. The molecule has 2 atom stereocenters. The standard InChI is InChI=1S/C14H27NO2/c1-4-15(5-2)9-10-17-14(16)13-8-6-7-12(3)11-13/h12-13H,4-11H2,1-3H3/t12-,13+/m0/s1. The molecule has 1 aliphatic rings. The maximum Gasteiger partial charge on any atom is 0.308 e. The average molecular weight is 241 g/mol. The second-order valence-electron chi connectivity index (χ2n) is 5.16. The first kappa shape index (κ1) is 14.5. The van der Waals surface area contributed by atoms with E-state index in [-0.39, 0.29) is 11.9 Å². The van der Waals surface area contributed by atoms with E-state index in [1.807, 2.05) is 0 Å². The van der Waals surface area contributed by atoms with Crippen molar-refractivity contribution in [1.29, 1.82) is 0 Å². The van der Waals surface area contributed by atoms with Gasteiger partial charge in [-0.1, -0.05) is 33.6 Å². The number of likely N-dealkylation sites (N-methyl/N-ethyl adjacent to an activating group) is 1. The van der Waals surface area contributed by atoms with E-state index in [4.69, 9.17) is 4.74 Å². The van der Waals surface area contributed by atoms with Crippen LogP contribution in [0, 0.1) is 11.8 Å². The molecule has 0 amide bonds. The van der Waals surface area contributed by atoms with Gasteiger partial charge in [-0.15, -0.1) is 0 Å². The molecule has 0 aromatic rings. The Bertz CT molecular complexity index is 226. The van der Waals surface area contributed by atoms with E-state index >= 15 is 0 Å². The molecule has 0 aromatic carbocycles. The zero-order valence-electron chi connectivity index (χ0n) is 11.6. The monoisotopic (exact) mass is 241 g/mol. The Morgan fingerprint density at radius 2 is 2.00 bits per heavy atom. The van der Waals surface area contributed by atoms with Crippen LogP contribution in [0.15, 0.2) is 0 Å². The van der Waals surface area contributed by atoms with Gasteiger partial charge in [-0.2, -0.15) is 0 Å². The van der Waals surface area contributed by atoms with Gasteiger partial charge in [-0.3, -0.25) is 4.79 Å². The van der Waals surface area contributed by atoms with Crippen molar-refractivity contribution in [3.63, 3.8) is 0 Å². The summed E-state index contributed by atoms with van der Waals surface area (Å²) in [4.78, 5) is 14.1. The maximum atomic E-state index is 11.9. The molecule has 0 heterocycles. The lowest BCUT2D eigenvalue weighted by Crippen LogP contribution is -2.30. The molecular weight excluding hydrogens is 214 g/mol. The molecule has 0 unspecified atom stereocenters. The average Bonchev–Trinajstić information content (AvgIpc) is 2.34. The van der Waals surface area contributed by atoms with Crippen LogP contribution in [0.5, 0.6) is 0 Å². The zero-order valence-corrected chi connectivity index (χ0v) is 11.6. The van der Waals surface area contributed by atoms with Crippen LogP contribution in [0.3, 0.4) is 0 Å². The van der Waals surface area contributed by atoms with Crippen LogP contribution in [-0.4, -0.2) is 37.1 Å². The number of hydrogen-bond acceptors (Lipinski definition) is 3. The maximum absolute atomic E-state index is 11.9. The minimum Gasteiger partial charge on any atom is -0.464 e. The Morgan fingerprint density at radius 1 is 1.29 bits per heavy atom. The van der Waals surface area contributed by atoms with Crippen LogP contribution in [0.2, 0.25) is 0 Å². The Balaban J connectivity index is 2.20. The molecule has 3 nitrogen and oxygen atoms in total. The van der Waals surface area contributed by atoms with Gasteiger partial charge < -0.3 is 9.64 Å². The molecule has 100 valence electrons. The molecule has 0 aliphatic heterocycles. The molecule has 0 radical (unpaired) electrons. The molecule has 0 bridgehead atoms. The number of carbonyl (C=O) groups is 1. The fourth-order valence-corrected chi connectivity index (χ4v) is 2.58. The van der Waals surface area contributed by atoms with Crippen molar-refractivity contribution in [3.8, 4) is 0 Å². The number of ether oxygens (including phenoxy) is 1. The molecular formula is C14H27NO2. The quantitative estimate of drug-likeness (QED) is 0.670. The fourth-order valence-electron chi connectivity index (χ4n) is 2.58. The van der Waals surface area contributed by atoms with Crippen LogP contribution in [-0.2, 0) is 9.53 Å². The Morgan fingerprint density at radius 3 is 2.59 bits per heavy atom. The lowest BCUT2D eigenvalue weighted by atomic mass is 9.82. The van der Waals surface area contributed by atoms with Gasteiger partial charge in [0.2, 0.25) is 0 Å². The SMILES string of the molecule is CCN(CC)CCOC(=O)[C@@H]1CCC[C@H](C)C1. The van der Waals surface area contributed by atoms with E-state index in [0.717, 1.165) is 32.5 Å². The summed E-state index contributed by atoms with van der Waals surface area (Å²) < 4.78 is 5.38. The molecule has 1 saturated carbocycles. The molecule has 0 spiro atoms. The summed E-state index contributed by atoms with van der Waals surface area (Å²) in [7, 11) is 0. The summed E-state index contributed by atoms with van der Waals surface area (Å²) in [6.45, 7) is 9.95. The van der Waals surface area contributed by atoms with Crippen molar-refractivity contribution >= 4 is 5.97 Å². The van der Waals surface area contributed by atoms with Gasteiger partial charge in [0.05, 0.1) is 5.92 Å². The summed E-state index contributed by atoms with van der Waals surface area (Å²) >= 11 is 0. The first-order valence-corrected chi connectivity index (χ1v) is 7.06. The highest BCUT2D eigenvalue weighted by Crippen LogP contribution is 2.29. The van der Waals surface area contributed by atoms with Crippen LogP contribution < -0.4 is 0 Å². The van der Waals surface area contributed by atoms with Crippen molar-refractivity contribution in [2.75, 3.05) is 26.2 Å². The highest BCUT2D eigenvalue weighted by atomic mass is 16.5. The molecule has 1 fully saturated rings. The third-order valence-electron chi connectivity index (χ3n) is 3.82. The second kappa shape index (κ2) is 7.70. The third-order valence-corrected chi connectivity index (χ3v) is 3.82. The van der Waals surface area contributed by atoms with E-state index in [2.05, 4.69) is 25.7 Å². The van der Waals surface area contributed by atoms with E-state index in [9.17, 15) is 4.79 Å². The van der Waals surface area contributed by atoms with Gasteiger partial charge in [0.15, 0.2) is 0 Å². The van der Waals surface area contributed by atoms with Crippen LogP contribution >= 0.6 is 0 Å². The van der Waals surface area contributed by atoms with Gasteiger partial charge >= 0.3 is 5.97 Å². The first-order valence-electron chi connectivity index (χ1n) is 7.06. The summed E-state index contributed by atoms with van der Waals surface area (Å²) in [6.07, 6.45) is 4.48. The summed E-state index contributed by atoms with van der Waals surface area (Å²) in [5.41, 5.74) is 0. The Hall–Kier alpha value is -0.570. The lowest BCUT2D eigenvalue weighted by Gasteiger charge is -2.25. The second-order valence-corrected chi connectivity index (χ2v) is 5.16. The molecule has 0 aromatic heterocycles. The van der Waals surface area contributed by atoms with Crippen LogP contribution in [0.4, 0.5) is 0 Å². The fraction of sp³-hybridized carbons (Fsp3) is 0.929. The molecule has 1 aliphatic carbocycles. The molecule has 3 heteroatoms. The number of hydrogen-bond donors (Lipinski definition) is 0. The highest BCUT2D eigenvalue weighted by molar-refractivity contribution is 5.72. The topological polar surface area (TPSA) is 29.5 Å². The predicted octanol–water partition coefficient (Wildman–Crippen LogP) is 2.70. The van der Waals surface area contributed by atoms with E-state index < -0.39 is 0 Å². The summed E-state index contributed by atoms with van der Waals surface area (Å²) in [5.74, 6) is 0.878. The van der Waals surface area contributed by atoms with Crippen LogP contribution in [0.25, 0.3) is 0 Å². The van der Waals surface area contributed by atoms with Gasteiger partial charge in [0.25, 0.3) is 0 Å². The van der Waals surface area contributed by atoms with Gasteiger partial charge in [0.1, 0.15) is 6.61 Å². The normalized spacial score (nSPS) is 24.9. The minimum atomic E-state index is 0.0312. The van der Waals surface area contributed by atoms with Crippen molar-refractivity contribution in [1.82, 2.24) is 4.90 Å². The number of nitrogens with zero attached hydrogens (tertiary/aromatic N) is 1. The zero-order chi connectivity index (χ0) is 12.7. The van der Waals surface area contributed by atoms with Crippen molar-refractivity contribution in [2.45, 2.75) is 46.5 Å². The van der Waals surface area contributed by atoms with Crippen molar-refractivity contribution in [3.05, 3.63) is 0 Å². The highest BCUT2D eigenvalue weighted by Gasteiger charge is 2.26. The molecule has 17 heavy (non-hydrogen) atoms. The minimum absolute atomic E-state index is 0.0312. The molecule has 1 rings (SSSR count). The van der Waals surface area contributed by atoms with Gasteiger partial charge in [-0.25, -0.2) is 0 Å². The van der Waals surface area contributed by atoms with Crippen LogP contribution in [0.1, 0.15) is 46.5 Å². The number of carbonyl (C=O) groups excluding carboxylic acids is 1. The number of esters is 1. The van der Waals surface area contributed by atoms with Gasteiger partial charge in [0, 0.05) is 6.54 Å². The van der Waals surface area contributed by atoms with E-state index in [0.29, 0.717) is 12.5 Å². The van der Waals surface area contributed by atoms with E-state index in [1.54, 1.807) is 0 Å². The van der Waals surface area contributed by atoms with Crippen molar-refractivity contribution < 1.29 is 9.53 Å². The molecule has 0 saturated heterocycles. The Kier molecular flexibility index (Phi) is 6.56. The largest absolute Gasteiger partial charge is 0.464 e. The van der Waals surface area contributed by atoms with Gasteiger partial charge in [-0.05, 0) is 31.8 Å². The third kappa shape index (κ3) is 5.07. The molecule has 0 N–H and O–H groups in total. The number of rotatable bonds is 6.